The van der Waals surface area contributed by atoms with Gasteiger partial charge in [0.2, 0.25) is 0 Å². The molecule has 0 unspecified atom stereocenters. The van der Waals surface area contributed by atoms with E-state index in [4.69, 9.17) is 0 Å². The van der Waals surface area contributed by atoms with Gasteiger partial charge in [-0.3, -0.25) is 0 Å². The lowest BCUT2D eigenvalue weighted by molar-refractivity contribution is 0.0701. The molecule has 0 aliphatic rings. The van der Waals surface area contributed by atoms with E-state index in [9.17, 15) is 19.4 Å². The summed E-state index contributed by atoms with van der Waals surface area (Å²) < 4.78 is 14.5. The Balaban J connectivity index is 2.39. The Morgan fingerprint density at radius 2 is 2.15 bits per heavy atom. The summed E-state index contributed by atoms with van der Waals surface area (Å²) in [6, 6.07) is 4.59. The highest BCUT2D eigenvalue weighted by Gasteiger charge is 2.20. The van der Waals surface area contributed by atoms with Gasteiger partial charge in [0.1, 0.15) is 10.7 Å². The normalized spacial score (nSPS) is 12.0. The van der Waals surface area contributed by atoms with E-state index in [0.717, 1.165) is 11.3 Å². The Kier molecular flexibility index (Phi) is 4.08. The van der Waals surface area contributed by atoms with Crippen molar-refractivity contribution in [1.29, 1.82) is 0 Å². The largest absolute Gasteiger partial charge is 0.477 e. The summed E-state index contributed by atoms with van der Waals surface area (Å²) in [5.74, 6) is -1.49. The van der Waals surface area contributed by atoms with E-state index < -0.39 is 17.4 Å². The number of fused-ring (bicyclic) bond motifs is 1. The molecule has 0 atom stereocenters. The van der Waals surface area contributed by atoms with E-state index in [1.54, 1.807) is 26.0 Å². The zero-order chi connectivity index (χ0) is 14.9. The van der Waals surface area contributed by atoms with Crippen molar-refractivity contribution in [2.45, 2.75) is 26.0 Å². The molecule has 1 heterocycles. The van der Waals surface area contributed by atoms with Crippen molar-refractivity contribution in [3.8, 4) is 0 Å². The molecule has 1 aromatic heterocycles. The van der Waals surface area contributed by atoms with Gasteiger partial charge in [-0.15, -0.1) is 11.3 Å². The van der Waals surface area contributed by atoms with Crippen molar-refractivity contribution in [3.63, 3.8) is 0 Å². The molecule has 0 aliphatic carbocycles. The summed E-state index contributed by atoms with van der Waals surface area (Å²) in [5.41, 5.74) is -0.479. The lowest BCUT2D eigenvalue weighted by atomic mass is 10.1. The first-order valence-corrected chi connectivity index (χ1v) is 6.97. The van der Waals surface area contributed by atoms with Gasteiger partial charge in [0, 0.05) is 28.7 Å². The van der Waals surface area contributed by atoms with Gasteiger partial charge in [0.25, 0.3) is 0 Å². The van der Waals surface area contributed by atoms with E-state index in [2.05, 4.69) is 5.32 Å². The number of thiophene rings is 1. The van der Waals surface area contributed by atoms with E-state index in [-0.39, 0.29) is 18.0 Å². The summed E-state index contributed by atoms with van der Waals surface area (Å²) in [6.45, 7) is 3.78. The summed E-state index contributed by atoms with van der Waals surface area (Å²) in [5, 5.41) is 22.2. The highest BCUT2D eigenvalue weighted by molar-refractivity contribution is 7.21. The Bertz CT molecular complexity index is 646. The third-order valence-electron chi connectivity index (χ3n) is 2.82. The summed E-state index contributed by atoms with van der Waals surface area (Å²) in [6.07, 6.45) is 0. The average Bonchev–Trinajstić information content (AvgIpc) is 2.68. The maximum absolute atomic E-state index is 13.9. The van der Waals surface area contributed by atoms with Crippen molar-refractivity contribution in [2.24, 2.45) is 0 Å². The molecule has 0 radical (unpaired) electrons. The average molecular weight is 297 g/mol. The fourth-order valence-corrected chi connectivity index (χ4v) is 3.08. The summed E-state index contributed by atoms with van der Waals surface area (Å²) in [7, 11) is 0. The molecule has 0 saturated carbocycles. The lowest BCUT2D eigenvalue weighted by Crippen LogP contribution is -2.34. The van der Waals surface area contributed by atoms with Crippen molar-refractivity contribution >= 4 is 27.4 Å². The van der Waals surface area contributed by atoms with Crippen molar-refractivity contribution in [3.05, 3.63) is 34.5 Å². The number of aliphatic hydroxyl groups is 1. The number of nitrogens with one attached hydrogen (secondary N) is 1. The maximum atomic E-state index is 13.9. The van der Waals surface area contributed by atoms with Gasteiger partial charge in [0.05, 0.1) is 5.60 Å². The quantitative estimate of drug-likeness (QED) is 0.793. The topological polar surface area (TPSA) is 69.6 Å². The minimum absolute atomic E-state index is 0.133. The molecule has 0 spiro atoms. The Labute approximate surface area is 119 Å². The van der Waals surface area contributed by atoms with Crippen LogP contribution < -0.4 is 5.32 Å². The molecule has 0 fully saturated rings. The lowest BCUT2D eigenvalue weighted by Gasteiger charge is -2.17. The van der Waals surface area contributed by atoms with E-state index in [1.807, 2.05) is 0 Å². The second kappa shape index (κ2) is 5.47. The predicted molar refractivity (Wildman–Crippen MR) is 76.7 cm³/mol. The van der Waals surface area contributed by atoms with Gasteiger partial charge >= 0.3 is 5.97 Å². The Hall–Kier alpha value is -1.50. The van der Waals surface area contributed by atoms with Crippen molar-refractivity contribution < 1.29 is 19.4 Å². The first-order valence-electron chi connectivity index (χ1n) is 6.16. The van der Waals surface area contributed by atoms with Crippen LogP contribution in [0.4, 0.5) is 4.39 Å². The maximum Gasteiger partial charge on any atom is 0.346 e. The van der Waals surface area contributed by atoms with Crippen LogP contribution >= 0.6 is 11.3 Å². The van der Waals surface area contributed by atoms with Crippen LogP contribution in [0, 0.1) is 5.82 Å². The first-order chi connectivity index (χ1) is 9.29. The molecule has 6 heteroatoms. The number of aromatic carboxylic acids is 1. The van der Waals surface area contributed by atoms with Gasteiger partial charge < -0.3 is 15.5 Å². The minimum atomic E-state index is -1.06. The van der Waals surface area contributed by atoms with Crippen LogP contribution in [-0.2, 0) is 6.54 Å². The van der Waals surface area contributed by atoms with E-state index in [0.29, 0.717) is 15.6 Å². The van der Waals surface area contributed by atoms with Gasteiger partial charge in [-0.2, -0.15) is 0 Å². The van der Waals surface area contributed by atoms with Gasteiger partial charge in [-0.05, 0) is 26.0 Å². The fourth-order valence-electron chi connectivity index (χ4n) is 2.00. The molecule has 2 aromatic rings. The second-order valence-electron chi connectivity index (χ2n) is 5.24. The molecule has 0 amide bonds. The highest BCUT2D eigenvalue weighted by Crippen LogP contribution is 2.33. The van der Waals surface area contributed by atoms with Crippen molar-refractivity contribution in [2.75, 3.05) is 6.54 Å². The van der Waals surface area contributed by atoms with E-state index >= 15 is 0 Å². The molecule has 108 valence electrons. The summed E-state index contributed by atoms with van der Waals surface area (Å²) in [4.78, 5) is 11.4. The third-order valence-corrected chi connectivity index (χ3v) is 4.00. The molecular weight excluding hydrogens is 281 g/mol. The number of carboxylic acids is 1. The van der Waals surface area contributed by atoms with Crippen LogP contribution in [0.25, 0.3) is 10.1 Å². The van der Waals surface area contributed by atoms with Crippen LogP contribution in [0.3, 0.4) is 0 Å². The third kappa shape index (κ3) is 3.15. The predicted octanol–water partition coefficient (Wildman–Crippen LogP) is 2.60. The number of benzene rings is 1. The van der Waals surface area contributed by atoms with Gasteiger partial charge in [-0.25, -0.2) is 9.18 Å². The van der Waals surface area contributed by atoms with Crippen molar-refractivity contribution in [1.82, 2.24) is 5.32 Å². The van der Waals surface area contributed by atoms with Crippen LogP contribution in [0.2, 0.25) is 0 Å². The molecule has 0 saturated heterocycles. The van der Waals surface area contributed by atoms with Gasteiger partial charge in [0.15, 0.2) is 0 Å². The fraction of sp³-hybridized carbons (Fsp3) is 0.357. The molecule has 1 aromatic carbocycles. The van der Waals surface area contributed by atoms with Crippen LogP contribution in [0.5, 0.6) is 0 Å². The zero-order valence-electron chi connectivity index (χ0n) is 11.2. The highest BCUT2D eigenvalue weighted by atomic mass is 32.1. The van der Waals surface area contributed by atoms with Crippen LogP contribution in [0.1, 0.15) is 29.1 Å². The first kappa shape index (κ1) is 14.9. The number of hydrogen-bond acceptors (Lipinski definition) is 4. The summed E-state index contributed by atoms with van der Waals surface area (Å²) >= 11 is 1.06. The van der Waals surface area contributed by atoms with Crippen LogP contribution in [-0.4, -0.2) is 28.3 Å². The molecule has 2 rings (SSSR count). The number of carboxylic acid groups (broad SMARTS) is 1. The van der Waals surface area contributed by atoms with Gasteiger partial charge in [-0.1, -0.05) is 6.07 Å². The van der Waals surface area contributed by atoms with Crippen LogP contribution in [0.15, 0.2) is 18.2 Å². The minimum Gasteiger partial charge on any atom is -0.477 e. The SMILES string of the molecule is CC(C)(O)CNCc1c(C(=O)O)sc2cccc(F)c12. The monoisotopic (exact) mass is 297 g/mol. The molecule has 0 bridgehead atoms. The molecule has 4 nitrogen and oxygen atoms in total. The second-order valence-corrected chi connectivity index (χ2v) is 6.30. The smallest absolute Gasteiger partial charge is 0.346 e. The zero-order valence-corrected chi connectivity index (χ0v) is 12.1. The molecule has 0 aliphatic heterocycles. The molecule has 3 N–H and O–H groups in total. The molecular formula is C14H16FNO3S. The number of carbonyl (C=O) groups is 1. The number of halogens is 1. The molecule has 20 heavy (non-hydrogen) atoms. The standard InChI is InChI=1S/C14H16FNO3S/c1-14(2,19)7-16-6-8-11-9(15)4-3-5-10(11)20-12(8)13(17)18/h3-5,16,19H,6-7H2,1-2H3,(H,17,18). The van der Waals surface area contributed by atoms with E-state index in [1.165, 1.54) is 6.07 Å². The number of hydrogen-bond donors (Lipinski definition) is 3. The number of rotatable bonds is 5. The Morgan fingerprint density at radius 1 is 1.45 bits per heavy atom. The Morgan fingerprint density at radius 3 is 2.75 bits per heavy atom.